The van der Waals surface area contributed by atoms with Gasteiger partial charge < -0.3 is 5.11 Å². The Bertz CT molecular complexity index is 401. The van der Waals surface area contributed by atoms with Crippen LogP contribution in [0.25, 0.3) is 0 Å². The zero-order chi connectivity index (χ0) is 15.0. The summed E-state index contributed by atoms with van der Waals surface area (Å²) in [5.74, 6) is -0.700. The number of hydrogen-bond acceptors (Lipinski definition) is 2. The number of rotatable bonds is 9. The molecule has 0 aromatic heterocycles. The lowest BCUT2D eigenvalue weighted by Crippen LogP contribution is -2.26. The van der Waals surface area contributed by atoms with Crippen LogP contribution in [0.15, 0.2) is 30.3 Å². The number of carboxylic acid groups (broad SMARTS) is 1. The number of benzene rings is 1. The molecule has 0 amide bonds. The highest BCUT2D eigenvalue weighted by atomic mass is 16.4. The number of hydrogen-bond donors (Lipinski definition) is 1. The number of nitrogens with zero attached hydrogens (tertiary/aromatic N) is 1. The Hall–Kier alpha value is -1.35. The molecule has 0 unspecified atom stereocenters. The Labute approximate surface area is 122 Å². The van der Waals surface area contributed by atoms with Crippen LogP contribution in [0, 0.1) is 5.41 Å². The minimum absolute atomic E-state index is 0.601. The van der Waals surface area contributed by atoms with Crippen molar-refractivity contribution in [3.63, 3.8) is 0 Å². The molecule has 20 heavy (non-hydrogen) atoms. The number of aliphatic carboxylic acids is 1. The lowest BCUT2D eigenvalue weighted by atomic mass is 9.87. The van der Waals surface area contributed by atoms with Gasteiger partial charge in [0, 0.05) is 6.54 Å². The second kappa shape index (κ2) is 8.05. The Morgan fingerprint density at radius 1 is 1.20 bits per heavy atom. The SMILES string of the molecule is CCN(CCCCC(C)(C)C(=O)O)Cc1ccccc1. The number of unbranched alkanes of at least 4 members (excludes halogenated alkanes) is 1. The summed E-state index contributed by atoms with van der Waals surface area (Å²) in [6.45, 7) is 8.80. The van der Waals surface area contributed by atoms with Gasteiger partial charge in [-0.1, -0.05) is 43.7 Å². The van der Waals surface area contributed by atoms with E-state index in [0.29, 0.717) is 0 Å². The molecule has 3 heteroatoms. The van der Waals surface area contributed by atoms with Crippen molar-refractivity contribution in [2.45, 2.75) is 46.6 Å². The molecule has 0 atom stereocenters. The third kappa shape index (κ3) is 5.74. The first-order valence-electron chi connectivity index (χ1n) is 7.45. The molecule has 0 heterocycles. The van der Waals surface area contributed by atoms with Gasteiger partial charge in [-0.3, -0.25) is 9.69 Å². The molecule has 0 fully saturated rings. The van der Waals surface area contributed by atoms with Crippen LogP contribution < -0.4 is 0 Å². The molecule has 0 spiro atoms. The molecule has 0 saturated carbocycles. The smallest absolute Gasteiger partial charge is 0.309 e. The van der Waals surface area contributed by atoms with Crippen LogP contribution in [-0.2, 0) is 11.3 Å². The maximum Gasteiger partial charge on any atom is 0.309 e. The summed E-state index contributed by atoms with van der Waals surface area (Å²) in [7, 11) is 0. The summed E-state index contributed by atoms with van der Waals surface area (Å²) in [5.41, 5.74) is 0.733. The van der Waals surface area contributed by atoms with Gasteiger partial charge in [-0.15, -0.1) is 0 Å². The van der Waals surface area contributed by atoms with Crippen molar-refractivity contribution >= 4 is 5.97 Å². The third-order valence-electron chi connectivity index (χ3n) is 3.80. The summed E-state index contributed by atoms with van der Waals surface area (Å²) in [6.07, 6.45) is 2.76. The lowest BCUT2D eigenvalue weighted by molar-refractivity contribution is -0.147. The molecular formula is C17H27NO2. The molecule has 0 aliphatic heterocycles. The predicted octanol–water partition coefficient (Wildman–Crippen LogP) is 3.79. The van der Waals surface area contributed by atoms with Crippen molar-refractivity contribution < 1.29 is 9.90 Å². The van der Waals surface area contributed by atoms with Crippen molar-refractivity contribution in [2.24, 2.45) is 5.41 Å². The van der Waals surface area contributed by atoms with Gasteiger partial charge in [0.25, 0.3) is 0 Å². The monoisotopic (exact) mass is 277 g/mol. The summed E-state index contributed by atoms with van der Waals surface area (Å²) in [6, 6.07) is 10.5. The van der Waals surface area contributed by atoms with Crippen LogP contribution in [0.2, 0.25) is 0 Å². The quantitative estimate of drug-likeness (QED) is 0.698. The second-order valence-electron chi connectivity index (χ2n) is 6.00. The maximum atomic E-state index is 11.0. The maximum absolute atomic E-state index is 11.0. The molecule has 1 aromatic carbocycles. The van der Waals surface area contributed by atoms with Gasteiger partial charge in [0.05, 0.1) is 5.41 Å². The molecular weight excluding hydrogens is 250 g/mol. The highest BCUT2D eigenvalue weighted by molar-refractivity contribution is 5.73. The average Bonchev–Trinajstić information content (AvgIpc) is 2.43. The van der Waals surface area contributed by atoms with E-state index in [-0.39, 0.29) is 0 Å². The van der Waals surface area contributed by atoms with Gasteiger partial charge in [0.2, 0.25) is 0 Å². The van der Waals surface area contributed by atoms with Crippen LogP contribution in [0.5, 0.6) is 0 Å². The molecule has 0 bridgehead atoms. The van der Waals surface area contributed by atoms with Crippen LogP contribution in [0.1, 0.15) is 45.6 Å². The van der Waals surface area contributed by atoms with Crippen molar-refractivity contribution in [3.8, 4) is 0 Å². The molecule has 0 aliphatic carbocycles. The molecule has 0 aliphatic rings. The van der Waals surface area contributed by atoms with E-state index in [1.165, 1.54) is 5.56 Å². The Kier molecular flexibility index (Phi) is 6.73. The van der Waals surface area contributed by atoms with Gasteiger partial charge in [0.15, 0.2) is 0 Å². The van der Waals surface area contributed by atoms with Crippen molar-refractivity contribution in [3.05, 3.63) is 35.9 Å². The first kappa shape index (κ1) is 16.7. The van der Waals surface area contributed by atoms with E-state index in [0.717, 1.165) is 38.9 Å². The Balaban J connectivity index is 2.30. The molecule has 1 N–H and O–H groups in total. The van der Waals surface area contributed by atoms with Crippen molar-refractivity contribution in [1.82, 2.24) is 4.90 Å². The zero-order valence-corrected chi connectivity index (χ0v) is 12.9. The Morgan fingerprint density at radius 3 is 2.40 bits per heavy atom. The number of carboxylic acids is 1. The molecule has 1 aromatic rings. The van der Waals surface area contributed by atoms with E-state index in [4.69, 9.17) is 5.11 Å². The minimum Gasteiger partial charge on any atom is -0.481 e. The normalized spacial score (nSPS) is 11.8. The van der Waals surface area contributed by atoms with Gasteiger partial charge in [0.1, 0.15) is 0 Å². The summed E-state index contributed by atoms with van der Waals surface area (Å²) < 4.78 is 0. The molecule has 1 rings (SSSR count). The third-order valence-corrected chi connectivity index (χ3v) is 3.80. The zero-order valence-electron chi connectivity index (χ0n) is 12.9. The fourth-order valence-electron chi connectivity index (χ4n) is 2.20. The lowest BCUT2D eigenvalue weighted by Gasteiger charge is -2.22. The van der Waals surface area contributed by atoms with E-state index >= 15 is 0 Å². The number of carbonyl (C=O) groups is 1. The topological polar surface area (TPSA) is 40.5 Å². The fourth-order valence-corrected chi connectivity index (χ4v) is 2.20. The minimum atomic E-state index is -0.700. The molecule has 112 valence electrons. The standard InChI is InChI=1S/C17H27NO2/c1-4-18(14-15-10-6-5-7-11-15)13-9-8-12-17(2,3)16(19)20/h5-7,10-11H,4,8-9,12-14H2,1-3H3,(H,19,20). The van der Waals surface area contributed by atoms with E-state index in [9.17, 15) is 4.79 Å². The van der Waals surface area contributed by atoms with Crippen molar-refractivity contribution in [1.29, 1.82) is 0 Å². The van der Waals surface area contributed by atoms with E-state index in [1.807, 2.05) is 6.07 Å². The summed E-state index contributed by atoms with van der Waals surface area (Å²) >= 11 is 0. The largest absolute Gasteiger partial charge is 0.481 e. The second-order valence-corrected chi connectivity index (χ2v) is 6.00. The van der Waals surface area contributed by atoms with Gasteiger partial charge in [-0.25, -0.2) is 0 Å². The predicted molar refractivity (Wildman–Crippen MR) is 82.7 cm³/mol. The first-order valence-corrected chi connectivity index (χ1v) is 7.45. The van der Waals surface area contributed by atoms with E-state index in [1.54, 1.807) is 13.8 Å². The van der Waals surface area contributed by atoms with Gasteiger partial charge in [-0.05, 0) is 45.3 Å². The summed E-state index contributed by atoms with van der Waals surface area (Å²) in [4.78, 5) is 13.4. The Morgan fingerprint density at radius 2 is 1.85 bits per heavy atom. The summed E-state index contributed by atoms with van der Waals surface area (Å²) in [5, 5.41) is 9.08. The van der Waals surface area contributed by atoms with Gasteiger partial charge in [-0.2, -0.15) is 0 Å². The van der Waals surface area contributed by atoms with E-state index < -0.39 is 11.4 Å². The highest BCUT2D eigenvalue weighted by Crippen LogP contribution is 2.23. The molecule has 3 nitrogen and oxygen atoms in total. The van der Waals surface area contributed by atoms with Crippen molar-refractivity contribution in [2.75, 3.05) is 13.1 Å². The van der Waals surface area contributed by atoms with Crippen LogP contribution in [0.3, 0.4) is 0 Å². The average molecular weight is 277 g/mol. The van der Waals surface area contributed by atoms with Crippen LogP contribution in [-0.4, -0.2) is 29.1 Å². The van der Waals surface area contributed by atoms with E-state index in [2.05, 4.69) is 36.1 Å². The fraction of sp³-hybridized carbons (Fsp3) is 0.588. The van der Waals surface area contributed by atoms with Crippen LogP contribution in [0.4, 0.5) is 0 Å². The highest BCUT2D eigenvalue weighted by Gasteiger charge is 2.26. The first-order chi connectivity index (χ1) is 9.45. The molecule has 0 radical (unpaired) electrons. The molecule has 0 saturated heterocycles. The van der Waals surface area contributed by atoms with Gasteiger partial charge >= 0.3 is 5.97 Å². The van der Waals surface area contributed by atoms with Crippen LogP contribution >= 0.6 is 0 Å².